The first-order valence-electron chi connectivity index (χ1n) is 5.49. The van der Waals surface area contributed by atoms with E-state index in [1.54, 1.807) is 13.3 Å². The molecule has 0 saturated heterocycles. The summed E-state index contributed by atoms with van der Waals surface area (Å²) in [6, 6.07) is 8.00. The summed E-state index contributed by atoms with van der Waals surface area (Å²) in [5, 5.41) is 0. The van der Waals surface area contributed by atoms with Gasteiger partial charge in [-0.05, 0) is 54.8 Å². The molecule has 0 aliphatic carbocycles. The SMILES string of the molecule is COc1c(C)cc(-c2cccnc2N)cc1C. The predicted octanol–water partition coefficient (Wildman–Crippen LogP) is 2.96. The zero-order valence-corrected chi connectivity index (χ0v) is 10.3. The lowest BCUT2D eigenvalue weighted by atomic mass is 10.0. The summed E-state index contributed by atoms with van der Waals surface area (Å²) in [5.74, 6) is 1.48. The maximum absolute atomic E-state index is 5.88. The van der Waals surface area contributed by atoms with Crippen LogP contribution in [0, 0.1) is 13.8 Å². The number of nitrogens with two attached hydrogens (primary N) is 1. The highest BCUT2D eigenvalue weighted by molar-refractivity contribution is 5.75. The fraction of sp³-hybridized carbons (Fsp3) is 0.214. The molecule has 0 atom stereocenters. The van der Waals surface area contributed by atoms with Crippen molar-refractivity contribution in [3.05, 3.63) is 41.6 Å². The molecule has 0 bridgehead atoms. The van der Waals surface area contributed by atoms with E-state index in [0.717, 1.165) is 28.0 Å². The molecule has 0 radical (unpaired) electrons. The van der Waals surface area contributed by atoms with Crippen LogP contribution in [0.25, 0.3) is 11.1 Å². The van der Waals surface area contributed by atoms with Crippen molar-refractivity contribution in [2.75, 3.05) is 12.8 Å². The number of ether oxygens (including phenoxy) is 1. The third-order valence-corrected chi connectivity index (χ3v) is 2.81. The van der Waals surface area contributed by atoms with E-state index in [1.165, 1.54) is 0 Å². The van der Waals surface area contributed by atoms with Crippen LogP contribution in [0.3, 0.4) is 0 Å². The van der Waals surface area contributed by atoms with Crippen molar-refractivity contribution in [2.45, 2.75) is 13.8 Å². The molecule has 0 aliphatic heterocycles. The molecule has 2 N–H and O–H groups in total. The lowest BCUT2D eigenvalue weighted by Gasteiger charge is -2.12. The first-order valence-corrected chi connectivity index (χ1v) is 5.49. The van der Waals surface area contributed by atoms with Crippen LogP contribution in [0.4, 0.5) is 5.82 Å². The Kier molecular flexibility index (Phi) is 3.00. The third-order valence-electron chi connectivity index (χ3n) is 2.81. The van der Waals surface area contributed by atoms with E-state index in [-0.39, 0.29) is 0 Å². The number of nitrogen functional groups attached to an aromatic ring is 1. The Labute approximate surface area is 101 Å². The molecule has 1 heterocycles. The largest absolute Gasteiger partial charge is 0.496 e. The number of anilines is 1. The van der Waals surface area contributed by atoms with Crippen molar-refractivity contribution in [2.24, 2.45) is 0 Å². The molecule has 0 amide bonds. The first kappa shape index (κ1) is 11.5. The van der Waals surface area contributed by atoms with E-state index in [9.17, 15) is 0 Å². The lowest BCUT2D eigenvalue weighted by molar-refractivity contribution is 0.408. The summed E-state index contributed by atoms with van der Waals surface area (Å²) in [5.41, 5.74) is 10.1. The second-order valence-electron chi connectivity index (χ2n) is 4.08. The maximum Gasteiger partial charge on any atom is 0.131 e. The zero-order chi connectivity index (χ0) is 12.4. The number of hydrogen-bond acceptors (Lipinski definition) is 3. The zero-order valence-electron chi connectivity index (χ0n) is 10.3. The van der Waals surface area contributed by atoms with Gasteiger partial charge < -0.3 is 10.5 Å². The number of methoxy groups -OCH3 is 1. The average Bonchev–Trinajstić information content (AvgIpc) is 2.29. The van der Waals surface area contributed by atoms with Gasteiger partial charge in [0.1, 0.15) is 11.6 Å². The topological polar surface area (TPSA) is 48.1 Å². The average molecular weight is 228 g/mol. The van der Waals surface area contributed by atoms with Crippen LogP contribution >= 0.6 is 0 Å². The number of benzene rings is 1. The Morgan fingerprint density at radius 2 is 1.82 bits per heavy atom. The summed E-state index contributed by atoms with van der Waals surface area (Å²) in [6.45, 7) is 4.06. The Bertz CT molecular complexity index is 527. The van der Waals surface area contributed by atoms with Crippen molar-refractivity contribution >= 4 is 5.82 Å². The van der Waals surface area contributed by atoms with Crippen molar-refractivity contribution in [1.82, 2.24) is 4.98 Å². The minimum absolute atomic E-state index is 0.552. The van der Waals surface area contributed by atoms with E-state index in [0.29, 0.717) is 5.82 Å². The molecular weight excluding hydrogens is 212 g/mol. The summed E-state index contributed by atoms with van der Waals surface area (Å²) < 4.78 is 5.35. The van der Waals surface area contributed by atoms with Gasteiger partial charge in [0.2, 0.25) is 0 Å². The van der Waals surface area contributed by atoms with Crippen molar-refractivity contribution in [3.8, 4) is 16.9 Å². The van der Waals surface area contributed by atoms with Gasteiger partial charge in [0.25, 0.3) is 0 Å². The summed E-state index contributed by atoms with van der Waals surface area (Å²) in [6.07, 6.45) is 1.70. The molecule has 0 unspecified atom stereocenters. The minimum Gasteiger partial charge on any atom is -0.496 e. The second-order valence-corrected chi connectivity index (χ2v) is 4.08. The van der Waals surface area contributed by atoms with E-state index < -0.39 is 0 Å². The number of hydrogen-bond donors (Lipinski definition) is 1. The van der Waals surface area contributed by atoms with Gasteiger partial charge in [0.15, 0.2) is 0 Å². The van der Waals surface area contributed by atoms with E-state index in [2.05, 4.69) is 17.1 Å². The normalized spacial score (nSPS) is 10.3. The Hall–Kier alpha value is -2.03. The van der Waals surface area contributed by atoms with Gasteiger partial charge in [-0.1, -0.05) is 0 Å². The van der Waals surface area contributed by atoms with E-state index in [1.807, 2.05) is 26.0 Å². The van der Waals surface area contributed by atoms with Crippen LogP contribution in [0.15, 0.2) is 30.5 Å². The number of aromatic nitrogens is 1. The Morgan fingerprint density at radius 3 is 2.35 bits per heavy atom. The number of aryl methyl sites for hydroxylation is 2. The standard InChI is InChI=1S/C14H16N2O/c1-9-7-11(8-10(2)13(9)17-3)12-5-4-6-16-14(12)15/h4-8H,1-3H3,(H2,15,16). The lowest BCUT2D eigenvalue weighted by Crippen LogP contribution is -1.96. The second kappa shape index (κ2) is 4.45. The van der Waals surface area contributed by atoms with Gasteiger partial charge in [0, 0.05) is 11.8 Å². The van der Waals surface area contributed by atoms with Crippen LogP contribution in [-0.4, -0.2) is 12.1 Å². The van der Waals surface area contributed by atoms with Gasteiger partial charge in [-0.3, -0.25) is 0 Å². The molecule has 1 aromatic carbocycles. The molecule has 1 aromatic heterocycles. The van der Waals surface area contributed by atoms with Crippen LogP contribution in [0.2, 0.25) is 0 Å². The smallest absolute Gasteiger partial charge is 0.131 e. The quantitative estimate of drug-likeness (QED) is 0.859. The molecule has 88 valence electrons. The van der Waals surface area contributed by atoms with Gasteiger partial charge in [0.05, 0.1) is 7.11 Å². The highest BCUT2D eigenvalue weighted by Crippen LogP contribution is 2.31. The number of rotatable bonds is 2. The van der Waals surface area contributed by atoms with Crippen molar-refractivity contribution in [1.29, 1.82) is 0 Å². The van der Waals surface area contributed by atoms with Crippen LogP contribution < -0.4 is 10.5 Å². The molecule has 0 aliphatic rings. The maximum atomic E-state index is 5.88. The molecule has 0 spiro atoms. The van der Waals surface area contributed by atoms with Gasteiger partial charge >= 0.3 is 0 Å². The highest BCUT2D eigenvalue weighted by Gasteiger charge is 2.08. The Balaban J connectivity index is 2.59. The van der Waals surface area contributed by atoms with Crippen LogP contribution in [-0.2, 0) is 0 Å². The fourth-order valence-electron chi connectivity index (χ4n) is 2.09. The molecule has 3 nitrogen and oxygen atoms in total. The molecular formula is C14H16N2O. The van der Waals surface area contributed by atoms with Crippen molar-refractivity contribution in [3.63, 3.8) is 0 Å². The fourth-order valence-corrected chi connectivity index (χ4v) is 2.09. The number of nitrogens with zero attached hydrogens (tertiary/aromatic N) is 1. The monoisotopic (exact) mass is 228 g/mol. The van der Waals surface area contributed by atoms with Gasteiger partial charge in [-0.15, -0.1) is 0 Å². The molecule has 2 rings (SSSR count). The summed E-state index contributed by atoms with van der Waals surface area (Å²) >= 11 is 0. The summed E-state index contributed by atoms with van der Waals surface area (Å²) in [4.78, 5) is 4.10. The molecule has 17 heavy (non-hydrogen) atoms. The number of pyridine rings is 1. The third kappa shape index (κ3) is 2.09. The van der Waals surface area contributed by atoms with Crippen molar-refractivity contribution < 1.29 is 4.74 Å². The van der Waals surface area contributed by atoms with E-state index in [4.69, 9.17) is 10.5 Å². The first-order chi connectivity index (χ1) is 8.13. The van der Waals surface area contributed by atoms with Crippen LogP contribution in [0.1, 0.15) is 11.1 Å². The minimum atomic E-state index is 0.552. The molecule has 0 fully saturated rings. The summed E-state index contributed by atoms with van der Waals surface area (Å²) in [7, 11) is 1.69. The molecule has 0 saturated carbocycles. The highest BCUT2D eigenvalue weighted by atomic mass is 16.5. The van der Waals surface area contributed by atoms with E-state index >= 15 is 0 Å². The Morgan fingerprint density at radius 1 is 1.18 bits per heavy atom. The molecule has 2 aromatic rings. The van der Waals surface area contributed by atoms with Gasteiger partial charge in [-0.2, -0.15) is 0 Å². The molecule has 3 heteroatoms. The predicted molar refractivity (Wildman–Crippen MR) is 70.1 cm³/mol. The van der Waals surface area contributed by atoms with Gasteiger partial charge in [-0.25, -0.2) is 4.98 Å². The van der Waals surface area contributed by atoms with Crippen LogP contribution in [0.5, 0.6) is 5.75 Å².